The molecule has 0 atom stereocenters. The molecule has 0 aliphatic carbocycles. The van der Waals surface area contributed by atoms with Crippen LogP contribution in [0.2, 0.25) is 0 Å². The molecule has 0 spiro atoms. The van der Waals surface area contributed by atoms with Crippen LogP contribution < -0.4 is 5.73 Å². The van der Waals surface area contributed by atoms with Crippen LogP contribution in [0.1, 0.15) is 11.1 Å². The molecule has 0 radical (unpaired) electrons. The van der Waals surface area contributed by atoms with Crippen molar-refractivity contribution in [2.45, 2.75) is 6.61 Å². The zero-order chi connectivity index (χ0) is 13.5. The first-order valence-electron chi connectivity index (χ1n) is 6.57. The van der Waals surface area contributed by atoms with Crippen molar-refractivity contribution >= 4 is 18.2 Å². The van der Waals surface area contributed by atoms with Gasteiger partial charge in [-0.05, 0) is 5.56 Å². The van der Waals surface area contributed by atoms with E-state index in [-0.39, 0.29) is 18.2 Å². The molecule has 0 bridgehead atoms. The van der Waals surface area contributed by atoms with Gasteiger partial charge in [-0.25, -0.2) is 0 Å². The summed E-state index contributed by atoms with van der Waals surface area (Å²) in [6.07, 6.45) is 0. The van der Waals surface area contributed by atoms with Gasteiger partial charge in [-0.2, -0.15) is 0 Å². The first-order valence-corrected chi connectivity index (χ1v) is 6.57. The van der Waals surface area contributed by atoms with Crippen LogP contribution in [-0.2, 0) is 16.1 Å². The molecule has 5 nitrogen and oxygen atoms in total. The Balaban J connectivity index is 0.00000200. The van der Waals surface area contributed by atoms with E-state index in [0.717, 1.165) is 44.0 Å². The molecule has 1 heterocycles. The number of nitrogens with zero attached hydrogens (tertiary/aromatic N) is 1. The van der Waals surface area contributed by atoms with E-state index in [2.05, 4.69) is 4.90 Å². The number of benzene rings is 1. The van der Waals surface area contributed by atoms with E-state index < -0.39 is 0 Å². The molecule has 0 aromatic heterocycles. The van der Waals surface area contributed by atoms with Gasteiger partial charge in [-0.1, -0.05) is 24.3 Å². The number of halogens is 1. The molecule has 1 aromatic carbocycles. The van der Waals surface area contributed by atoms with Gasteiger partial charge in [0.05, 0.1) is 26.4 Å². The maximum absolute atomic E-state index is 7.52. The number of morpholine rings is 1. The molecule has 1 aromatic rings. The maximum Gasteiger partial charge on any atom is 0.123 e. The molecule has 1 saturated heterocycles. The predicted octanol–water partition coefficient (Wildman–Crippen LogP) is 1.24. The molecule has 0 amide bonds. The monoisotopic (exact) mass is 299 g/mol. The smallest absolute Gasteiger partial charge is 0.123 e. The van der Waals surface area contributed by atoms with Crippen LogP contribution >= 0.6 is 12.4 Å². The first-order chi connectivity index (χ1) is 9.27. The summed E-state index contributed by atoms with van der Waals surface area (Å²) in [5.41, 5.74) is 7.27. The van der Waals surface area contributed by atoms with Crippen molar-refractivity contribution in [3.05, 3.63) is 35.4 Å². The third-order valence-electron chi connectivity index (χ3n) is 3.22. The molecule has 0 unspecified atom stereocenters. The average Bonchev–Trinajstić information content (AvgIpc) is 2.45. The molecule has 1 aliphatic heterocycles. The second-order valence-corrected chi connectivity index (χ2v) is 4.58. The molecule has 112 valence electrons. The minimum absolute atomic E-state index is 0. The van der Waals surface area contributed by atoms with Gasteiger partial charge < -0.3 is 15.2 Å². The zero-order valence-electron chi connectivity index (χ0n) is 11.5. The van der Waals surface area contributed by atoms with Crippen LogP contribution in [0.15, 0.2) is 24.3 Å². The SMILES string of the molecule is Cl.N=C(N)c1ccccc1COCCN1CCOCC1. The third-order valence-corrected chi connectivity index (χ3v) is 3.22. The van der Waals surface area contributed by atoms with Crippen molar-refractivity contribution in [2.24, 2.45) is 5.73 Å². The van der Waals surface area contributed by atoms with Gasteiger partial charge in [0.15, 0.2) is 0 Å². The van der Waals surface area contributed by atoms with Crippen LogP contribution in [0.3, 0.4) is 0 Å². The molecular weight excluding hydrogens is 278 g/mol. The fraction of sp³-hybridized carbons (Fsp3) is 0.500. The van der Waals surface area contributed by atoms with Crippen molar-refractivity contribution in [1.29, 1.82) is 5.41 Å². The van der Waals surface area contributed by atoms with Gasteiger partial charge in [-0.3, -0.25) is 10.3 Å². The maximum atomic E-state index is 7.52. The van der Waals surface area contributed by atoms with Crippen molar-refractivity contribution in [3.8, 4) is 0 Å². The topological polar surface area (TPSA) is 71.6 Å². The Hall–Kier alpha value is -1.14. The summed E-state index contributed by atoms with van der Waals surface area (Å²) in [6.45, 7) is 5.69. The Morgan fingerprint density at radius 2 is 2.00 bits per heavy atom. The lowest BCUT2D eigenvalue weighted by Gasteiger charge is -2.26. The lowest BCUT2D eigenvalue weighted by molar-refractivity contribution is 0.0180. The number of nitrogens with two attached hydrogens (primary N) is 1. The number of hydrogen-bond acceptors (Lipinski definition) is 4. The van der Waals surface area contributed by atoms with Gasteiger partial charge in [0, 0.05) is 25.2 Å². The Bertz CT molecular complexity index is 423. The highest BCUT2D eigenvalue weighted by atomic mass is 35.5. The van der Waals surface area contributed by atoms with E-state index in [0.29, 0.717) is 13.2 Å². The van der Waals surface area contributed by atoms with Crippen molar-refractivity contribution in [2.75, 3.05) is 39.5 Å². The standard InChI is InChI=1S/C14H21N3O2.ClH/c15-14(16)13-4-2-1-3-12(13)11-19-10-7-17-5-8-18-9-6-17;/h1-4H,5-11H2,(H3,15,16);1H. The molecule has 20 heavy (non-hydrogen) atoms. The zero-order valence-corrected chi connectivity index (χ0v) is 12.3. The van der Waals surface area contributed by atoms with Crippen molar-refractivity contribution in [1.82, 2.24) is 4.90 Å². The Labute approximate surface area is 126 Å². The highest BCUT2D eigenvalue weighted by Crippen LogP contribution is 2.09. The van der Waals surface area contributed by atoms with Gasteiger partial charge in [0.25, 0.3) is 0 Å². The van der Waals surface area contributed by atoms with E-state index in [1.165, 1.54) is 0 Å². The normalized spacial score (nSPS) is 15.6. The van der Waals surface area contributed by atoms with E-state index in [4.69, 9.17) is 20.6 Å². The minimum Gasteiger partial charge on any atom is -0.384 e. The number of nitrogen functional groups attached to an aromatic ring is 1. The summed E-state index contributed by atoms with van der Waals surface area (Å²) in [5, 5.41) is 7.52. The number of nitrogens with one attached hydrogen (secondary N) is 1. The fourth-order valence-corrected chi connectivity index (χ4v) is 2.11. The van der Waals surface area contributed by atoms with Gasteiger partial charge in [0.1, 0.15) is 5.84 Å². The Kier molecular flexibility index (Phi) is 7.54. The van der Waals surface area contributed by atoms with Crippen molar-refractivity contribution in [3.63, 3.8) is 0 Å². The Morgan fingerprint density at radius 1 is 1.30 bits per heavy atom. The summed E-state index contributed by atoms with van der Waals surface area (Å²) in [6, 6.07) is 7.62. The van der Waals surface area contributed by atoms with E-state index in [1.54, 1.807) is 0 Å². The predicted molar refractivity (Wildman–Crippen MR) is 81.6 cm³/mol. The van der Waals surface area contributed by atoms with Crippen LogP contribution in [0.5, 0.6) is 0 Å². The molecule has 1 aliphatic rings. The lowest BCUT2D eigenvalue weighted by atomic mass is 10.1. The largest absolute Gasteiger partial charge is 0.384 e. The summed E-state index contributed by atoms with van der Waals surface area (Å²) in [5.74, 6) is 0.0902. The average molecular weight is 300 g/mol. The molecular formula is C14H22ClN3O2. The summed E-state index contributed by atoms with van der Waals surface area (Å²) in [7, 11) is 0. The number of hydrogen-bond donors (Lipinski definition) is 2. The second-order valence-electron chi connectivity index (χ2n) is 4.58. The molecule has 2 rings (SSSR count). The molecule has 0 saturated carbocycles. The molecule has 3 N–H and O–H groups in total. The van der Waals surface area contributed by atoms with Crippen LogP contribution in [0, 0.1) is 5.41 Å². The minimum atomic E-state index is 0. The van der Waals surface area contributed by atoms with Crippen LogP contribution in [0.25, 0.3) is 0 Å². The molecule has 1 fully saturated rings. The van der Waals surface area contributed by atoms with Gasteiger partial charge in [-0.15, -0.1) is 12.4 Å². The van der Waals surface area contributed by atoms with Crippen LogP contribution in [-0.4, -0.2) is 50.2 Å². The van der Waals surface area contributed by atoms with Crippen molar-refractivity contribution < 1.29 is 9.47 Å². The van der Waals surface area contributed by atoms with Gasteiger partial charge in [0.2, 0.25) is 0 Å². The molecule has 6 heteroatoms. The number of amidine groups is 1. The highest BCUT2D eigenvalue weighted by Gasteiger charge is 2.10. The highest BCUT2D eigenvalue weighted by molar-refractivity contribution is 5.96. The summed E-state index contributed by atoms with van der Waals surface area (Å²) >= 11 is 0. The second kappa shape index (κ2) is 8.92. The summed E-state index contributed by atoms with van der Waals surface area (Å²) < 4.78 is 11.0. The van der Waals surface area contributed by atoms with E-state index in [9.17, 15) is 0 Å². The van der Waals surface area contributed by atoms with Gasteiger partial charge >= 0.3 is 0 Å². The fourth-order valence-electron chi connectivity index (χ4n) is 2.11. The number of rotatable bonds is 6. The van der Waals surface area contributed by atoms with E-state index in [1.807, 2.05) is 24.3 Å². The Morgan fingerprint density at radius 3 is 2.70 bits per heavy atom. The first kappa shape index (κ1) is 16.9. The van der Waals surface area contributed by atoms with Crippen LogP contribution in [0.4, 0.5) is 0 Å². The number of ether oxygens (including phenoxy) is 2. The summed E-state index contributed by atoms with van der Waals surface area (Å²) in [4.78, 5) is 2.33. The quantitative estimate of drug-likeness (QED) is 0.471. The van der Waals surface area contributed by atoms with E-state index >= 15 is 0 Å². The lowest BCUT2D eigenvalue weighted by Crippen LogP contribution is -2.38. The third kappa shape index (κ3) is 5.09.